The molecule has 55 heavy (non-hydrogen) atoms. The van der Waals surface area contributed by atoms with E-state index < -0.39 is 95.0 Å². The first kappa shape index (κ1) is 41.7. The fourth-order valence-electron chi connectivity index (χ4n) is 5.36. The van der Waals surface area contributed by atoms with Crippen molar-refractivity contribution in [2.45, 2.75) is 50.6 Å². The number of hydrogen-bond donors (Lipinski definition) is 4. The summed E-state index contributed by atoms with van der Waals surface area (Å²) in [5.41, 5.74) is -1.66. The number of rotatable bonds is 20. The van der Waals surface area contributed by atoms with Gasteiger partial charge in [-0.05, 0) is 43.5 Å². The SMILES string of the molecule is COCCOC(=O)CCC(NC(=O)C1(C(=O)NC(CC(=O)O)C(=O)COc2c(F)c(F)cc(F)c2F)CCC1)C(=O)Nc1cccc(Oc2ccccc2)c1. The molecular weight excluding hydrogens is 738 g/mol. The van der Waals surface area contributed by atoms with Crippen LogP contribution in [0.2, 0.25) is 0 Å². The summed E-state index contributed by atoms with van der Waals surface area (Å²) in [6.07, 6.45) is -1.56. The molecule has 0 heterocycles. The maximum atomic E-state index is 14.1. The molecule has 2 unspecified atom stereocenters. The Morgan fingerprint density at radius 1 is 0.818 bits per heavy atom. The van der Waals surface area contributed by atoms with Crippen molar-refractivity contribution in [3.8, 4) is 17.2 Å². The highest BCUT2D eigenvalue weighted by Crippen LogP contribution is 2.42. The molecule has 1 aliphatic carbocycles. The van der Waals surface area contributed by atoms with Crippen LogP contribution < -0.4 is 25.4 Å². The molecule has 0 bridgehead atoms. The molecule has 0 spiro atoms. The summed E-state index contributed by atoms with van der Waals surface area (Å²) in [6, 6.07) is 11.7. The summed E-state index contributed by atoms with van der Waals surface area (Å²) in [7, 11) is 1.40. The number of para-hydroxylation sites is 1. The smallest absolute Gasteiger partial charge is 0.305 e. The largest absolute Gasteiger partial charge is 0.481 e. The summed E-state index contributed by atoms with van der Waals surface area (Å²) in [5, 5.41) is 16.7. The van der Waals surface area contributed by atoms with Crippen molar-refractivity contribution in [3.05, 3.63) is 83.9 Å². The summed E-state index contributed by atoms with van der Waals surface area (Å²) in [6.45, 7) is -1.28. The van der Waals surface area contributed by atoms with Crippen LogP contribution in [0.15, 0.2) is 60.7 Å². The van der Waals surface area contributed by atoms with Gasteiger partial charge in [-0.1, -0.05) is 30.7 Å². The zero-order valence-electron chi connectivity index (χ0n) is 29.3. The molecule has 294 valence electrons. The number of halogens is 4. The van der Waals surface area contributed by atoms with Crippen molar-refractivity contribution in [1.82, 2.24) is 10.6 Å². The molecular formula is C37H37F4N3O11. The van der Waals surface area contributed by atoms with Crippen LogP contribution >= 0.6 is 0 Å². The number of benzene rings is 3. The van der Waals surface area contributed by atoms with E-state index in [4.69, 9.17) is 14.2 Å². The fourth-order valence-corrected chi connectivity index (χ4v) is 5.36. The van der Waals surface area contributed by atoms with Gasteiger partial charge in [-0.2, -0.15) is 8.78 Å². The highest BCUT2D eigenvalue weighted by atomic mass is 19.2. The van der Waals surface area contributed by atoms with Crippen LogP contribution in [0.3, 0.4) is 0 Å². The maximum Gasteiger partial charge on any atom is 0.305 e. The normalized spacial score (nSPS) is 14.0. The molecule has 1 aliphatic rings. The number of Topliss-reactive ketones (excluding diaryl/α,β-unsaturated/α-hetero) is 1. The average molecular weight is 776 g/mol. The van der Waals surface area contributed by atoms with Gasteiger partial charge in [0.1, 0.15) is 42.2 Å². The van der Waals surface area contributed by atoms with Crippen molar-refractivity contribution in [3.63, 3.8) is 0 Å². The van der Waals surface area contributed by atoms with Crippen molar-refractivity contribution in [1.29, 1.82) is 0 Å². The number of ketones is 1. The number of carboxylic acids is 1. The van der Waals surface area contributed by atoms with Gasteiger partial charge in [0.25, 0.3) is 0 Å². The lowest BCUT2D eigenvalue weighted by Gasteiger charge is -2.40. The molecule has 3 aromatic carbocycles. The fraction of sp³-hybridized carbons (Fsp3) is 0.351. The third-order valence-corrected chi connectivity index (χ3v) is 8.47. The molecule has 0 saturated heterocycles. The van der Waals surface area contributed by atoms with Crippen molar-refractivity contribution >= 4 is 41.1 Å². The predicted molar refractivity (Wildman–Crippen MR) is 183 cm³/mol. The lowest BCUT2D eigenvalue weighted by molar-refractivity contribution is -0.153. The van der Waals surface area contributed by atoms with Gasteiger partial charge in [-0.3, -0.25) is 28.8 Å². The summed E-state index contributed by atoms with van der Waals surface area (Å²) >= 11 is 0. The second-order valence-corrected chi connectivity index (χ2v) is 12.3. The Morgan fingerprint density at radius 2 is 1.45 bits per heavy atom. The van der Waals surface area contributed by atoms with Crippen molar-refractivity contribution in [2.75, 3.05) is 32.2 Å². The van der Waals surface area contributed by atoms with Crippen LogP contribution in [0.4, 0.5) is 23.2 Å². The number of methoxy groups -OCH3 is 1. The van der Waals surface area contributed by atoms with Crippen LogP contribution in [0, 0.1) is 28.7 Å². The average Bonchev–Trinajstić information content (AvgIpc) is 3.12. The second kappa shape index (κ2) is 19.3. The van der Waals surface area contributed by atoms with Gasteiger partial charge in [-0.25, -0.2) is 8.78 Å². The van der Waals surface area contributed by atoms with Crippen LogP contribution in [0.25, 0.3) is 0 Å². The van der Waals surface area contributed by atoms with E-state index in [0.717, 1.165) is 0 Å². The van der Waals surface area contributed by atoms with E-state index in [-0.39, 0.29) is 50.7 Å². The first-order valence-corrected chi connectivity index (χ1v) is 16.8. The van der Waals surface area contributed by atoms with E-state index in [0.29, 0.717) is 17.9 Å². The Morgan fingerprint density at radius 3 is 2.05 bits per heavy atom. The van der Waals surface area contributed by atoms with E-state index in [2.05, 4.69) is 20.7 Å². The topological polar surface area (TPSA) is 196 Å². The van der Waals surface area contributed by atoms with Crippen LogP contribution in [0.5, 0.6) is 17.2 Å². The third kappa shape index (κ3) is 11.2. The number of carbonyl (C=O) groups is 6. The monoisotopic (exact) mass is 775 g/mol. The number of amides is 3. The van der Waals surface area contributed by atoms with E-state index in [1.807, 2.05) is 0 Å². The standard InChI is InChI=1S/C37H37F4N3O11/c1-52-15-16-53-30(48)12-11-26(34(49)42-21-7-5-10-23(17-21)55-22-8-3-2-4-9-22)43-35(50)37(13-6-14-37)36(51)44-27(19-29(46)47)28(45)20-54-33-31(40)24(38)18-25(39)32(33)41/h2-5,7-10,17-18,26-27H,6,11-16,19-20H2,1H3,(H,42,49)(H,43,50)(H,44,51)(H,46,47). The third-order valence-electron chi connectivity index (χ3n) is 8.47. The summed E-state index contributed by atoms with van der Waals surface area (Å²) in [4.78, 5) is 78.0. The molecule has 14 nitrogen and oxygen atoms in total. The maximum absolute atomic E-state index is 14.1. The molecule has 4 rings (SSSR count). The number of hydrogen-bond acceptors (Lipinski definition) is 10. The van der Waals surface area contributed by atoms with Gasteiger partial charge in [0.2, 0.25) is 29.4 Å². The van der Waals surface area contributed by atoms with Crippen LogP contribution in [-0.2, 0) is 38.2 Å². The van der Waals surface area contributed by atoms with Gasteiger partial charge in [0.15, 0.2) is 23.2 Å². The number of ether oxygens (including phenoxy) is 4. The number of aliphatic carboxylic acids is 1. The zero-order chi connectivity index (χ0) is 40.1. The van der Waals surface area contributed by atoms with Gasteiger partial charge in [-0.15, -0.1) is 0 Å². The van der Waals surface area contributed by atoms with E-state index in [9.17, 15) is 51.4 Å². The van der Waals surface area contributed by atoms with Gasteiger partial charge >= 0.3 is 11.9 Å². The minimum absolute atomic E-state index is 0.0691. The molecule has 0 aromatic heterocycles. The Labute approximate surface area is 311 Å². The molecule has 4 N–H and O–H groups in total. The van der Waals surface area contributed by atoms with E-state index in [1.54, 1.807) is 48.5 Å². The highest BCUT2D eigenvalue weighted by molar-refractivity contribution is 6.09. The van der Waals surface area contributed by atoms with Crippen LogP contribution in [-0.4, -0.2) is 79.6 Å². The minimum atomic E-state index is -1.95. The number of nitrogens with one attached hydrogen (secondary N) is 3. The molecule has 3 aromatic rings. The first-order chi connectivity index (χ1) is 26.2. The Bertz CT molecular complexity index is 1870. The number of carboxylic acid groups (broad SMARTS) is 1. The summed E-state index contributed by atoms with van der Waals surface area (Å²) < 4.78 is 75.7. The molecule has 2 atom stereocenters. The summed E-state index contributed by atoms with van der Waals surface area (Å²) in [5.74, 6) is -14.7. The zero-order valence-corrected chi connectivity index (χ0v) is 29.3. The molecule has 1 fully saturated rings. The van der Waals surface area contributed by atoms with Gasteiger partial charge < -0.3 is 40.0 Å². The number of carbonyl (C=O) groups excluding carboxylic acids is 5. The lowest BCUT2D eigenvalue weighted by atomic mass is 9.67. The van der Waals surface area contributed by atoms with Crippen molar-refractivity contribution in [2.24, 2.45) is 5.41 Å². The molecule has 3 amide bonds. The highest BCUT2D eigenvalue weighted by Gasteiger charge is 2.52. The van der Waals surface area contributed by atoms with Crippen LogP contribution in [0.1, 0.15) is 38.5 Å². The lowest BCUT2D eigenvalue weighted by Crippen LogP contribution is -2.60. The molecule has 0 aliphatic heterocycles. The number of anilines is 1. The molecule has 0 radical (unpaired) electrons. The van der Waals surface area contributed by atoms with Gasteiger partial charge in [0.05, 0.1) is 13.0 Å². The van der Waals surface area contributed by atoms with E-state index >= 15 is 0 Å². The Balaban J connectivity index is 1.49. The minimum Gasteiger partial charge on any atom is -0.481 e. The molecule has 18 heteroatoms. The first-order valence-electron chi connectivity index (χ1n) is 16.8. The Hall–Kier alpha value is -6.04. The number of esters is 1. The quantitative estimate of drug-likeness (QED) is 0.0422. The Kier molecular flexibility index (Phi) is 14.7. The van der Waals surface area contributed by atoms with E-state index in [1.165, 1.54) is 13.2 Å². The second-order valence-electron chi connectivity index (χ2n) is 12.3. The molecule has 1 saturated carbocycles. The van der Waals surface area contributed by atoms with Gasteiger partial charge in [0, 0.05) is 31.4 Å². The van der Waals surface area contributed by atoms with Crippen molar-refractivity contribution < 1.29 is 70.4 Å². The predicted octanol–water partition coefficient (Wildman–Crippen LogP) is 4.21.